The first-order valence-corrected chi connectivity index (χ1v) is 6.93. The fraction of sp³-hybridized carbons (Fsp3) is 0.133. The Labute approximate surface area is 125 Å². The summed E-state index contributed by atoms with van der Waals surface area (Å²) in [7, 11) is 0. The molecule has 110 valence electrons. The molecule has 0 aliphatic rings. The number of anilines is 1. The van der Waals surface area contributed by atoms with Gasteiger partial charge in [-0.1, -0.05) is 6.07 Å². The molecular formula is C15H14N6O. The SMILES string of the molecule is Nc1nc2cc(-c3cc[nH]n3)ccc2c2nn(CCO)cc12. The Morgan fingerprint density at radius 2 is 2.14 bits per heavy atom. The summed E-state index contributed by atoms with van der Waals surface area (Å²) >= 11 is 0. The van der Waals surface area contributed by atoms with Crippen molar-refractivity contribution in [3.63, 3.8) is 0 Å². The molecule has 0 unspecified atom stereocenters. The first-order valence-electron chi connectivity index (χ1n) is 6.93. The summed E-state index contributed by atoms with van der Waals surface area (Å²) in [5.41, 5.74) is 9.45. The Balaban J connectivity index is 1.96. The number of hydrogen-bond donors (Lipinski definition) is 3. The number of nitrogen functional groups attached to an aromatic ring is 1. The monoisotopic (exact) mass is 294 g/mol. The van der Waals surface area contributed by atoms with Crippen LogP contribution in [-0.2, 0) is 6.54 Å². The molecule has 0 aliphatic carbocycles. The van der Waals surface area contributed by atoms with Gasteiger partial charge in [-0.2, -0.15) is 10.2 Å². The fourth-order valence-corrected chi connectivity index (χ4v) is 2.62. The van der Waals surface area contributed by atoms with E-state index in [9.17, 15) is 0 Å². The molecule has 7 nitrogen and oxygen atoms in total. The minimum atomic E-state index is 0.0303. The molecule has 0 atom stereocenters. The first-order chi connectivity index (χ1) is 10.8. The number of nitrogens with zero attached hydrogens (tertiary/aromatic N) is 4. The lowest BCUT2D eigenvalue weighted by atomic mass is 10.1. The number of aromatic amines is 1. The van der Waals surface area contributed by atoms with Gasteiger partial charge in [0.05, 0.1) is 29.7 Å². The Morgan fingerprint density at radius 3 is 2.91 bits per heavy atom. The van der Waals surface area contributed by atoms with Crippen molar-refractivity contribution in [2.75, 3.05) is 12.3 Å². The Kier molecular flexibility index (Phi) is 2.80. The third-order valence-corrected chi connectivity index (χ3v) is 3.66. The molecule has 0 aliphatic heterocycles. The highest BCUT2D eigenvalue weighted by Gasteiger charge is 2.12. The number of fused-ring (bicyclic) bond motifs is 3. The van der Waals surface area contributed by atoms with Gasteiger partial charge in [0.2, 0.25) is 0 Å². The van der Waals surface area contributed by atoms with Crippen LogP contribution in [0.2, 0.25) is 0 Å². The van der Waals surface area contributed by atoms with Gasteiger partial charge in [0, 0.05) is 23.3 Å². The normalized spacial score (nSPS) is 11.5. The summed E-state index contributed by atoms with van der Waals surface area (Å²) in [5.74, 6) is 0.436. The summed E-state index contributed by atoms with van der Waals surface area (Å²) in [6.45, 7) is 0.462. The second-order valence-corrected chi connectivity index (χ2v) is 5.07. The summed E-state index contributed by atoms with van der Waals surface area (Å²) in [4.78, 5) is 4.47. The lowest BCUT2D eigenvalue weighted by Crippen LogP contribution is -2.01. The molecule has 0 fully saturated rings. The van der Waals surface area contributed by atoms with Crippen LogP contribution in [0.3, 0.4) is 0 Å². The van der Waals surface area contributed by atoms with Crippen molar-refractivity contribution in [2.24, 2.45) is 0 Å². The standard InChI is InChI=1S/C15H14N6O/c16-15-11-8-21(5-6-22)20-14(11)10-2-1-9(7-13(10)18-15)12-3-4-17-19-12/h1-4,7-8,22H,5-6H2,(H2,16,18)(H,17,19). The van der Waals surface area contributed by atoms with Crippen LogP contribution in [0.15, 0.2) is 36.7 Å². The van der Waals surface area contributed by atoms with Crippen molar-refractivity contribution >= 4 is 27.6 Å². The minimum Gasteiger partial charge on any atom is -0.394 e. The zero-order chi connectivity index (χ0) is 15.1. The number of nitrogens with two attached hydrogens (primary N) is 1. The van der Waals surface area contributed by atoms with E-state index in [0.717, 1.165) is 33.1 Å². The molecule has 0 saturated carbocycles. The van der Waals surface area contributed by atoms with E-state index in [1.807, 2.05) is 30.5 Å². The third-order valence-electron chi connectivity index (χ3n) is 3.66. The highest BCUT2D eigenvalue weighted by atomic mass is 16.3. The average Bonchev–Trinajstić information content (AvgIpc) is 3.17. The van der Waals surface area contributed by atoms with Crippen molar-refractivity contribution in [1.29, 1.82) is 0 Å². The van der Waals surface area contributed by atoms with Gasteiger partial charge in [-0.3, -0.25) is 9.78 Å². The van der Waals surface area contributed by atoms with Gasteiger partial charge >= 0.3 is 0 Å². The number of benzene rings is 1. The van der Waals surface area contributed by atoms with Crippen LogP contribution >= 0.6 is 0 Å². The number of hydrogen-bond acceptors (Lipinski definition) is 5. The van der Waals surface area contributed by atoms with E-state index in [-0.39, 0.29) is 6.61 Å². The zero-order valence-corrected chi connectivity index (χ0v) is 11.7. The van der Waals surface area contributed by atoms with Gasteiger partial charge in [-0.25, -0.2) is 4.98 Å². The van der Waals surface area contributed by atoms with Crippen LogP contribution in [0.4, 0.5) is 5.82 Å². The van der Waals surface area contributed by atoms with E-state index in [4.69, 9.17) is 10.8 Å². The van der Waals surface area contributed by atoms with Crippen LogP contribution in [0.5, 0.6) is 0 Å². The molecule has 0 spiro atoms. The van der Waals surface area contributed by atoms with Gasteiger partial charge in [-0.15, -0.1) is 0 Å². The maximum Gasteiger partial charge on any atom is 0.135 e. The Bertz CT molecular complexity index is 957. The summed E-state index contributed by atoms with van der Waals surface area (Å²) in [5, 5.41) is 22.3. The molecule has 0 radical (unpaired) electrons. The largest absolute Gasteiger partial charge is 0.394 e. The maximum atomic E-state index is 9.05. The minimum absolute atomic E-state index is 0.0303. The summed E-state index contributed by atoms with van der Waals surface area (Å²) < 4.78 is 1.68. The summed E-state index contributed by atoms with van der Waals surface area (Å²) in [6.07, 6.45) is 3.59. The maximum absolute atomic E-state index is 9.05. The van der Waals surface area contributed by atoms with Crippen LogP contribution in [0.25, 0.3) is 33.1 Å². The Morgan fingerprint density at radius 1 is 1.23 bits per heavy atom. The van der Waals surface area contributed by atoms with E-state index < -0.39 is 0 Å². The lowest BCUT2D eigenvalue weighted by Gasteiger charge is -2.03. The van der Waals surface area contributed by atoms with Crippen molar-refractivity contribution < 1.29 is 5.11 Å². The predicted octanol–water partition coefficient (Wildman–Crippen LogP) is 1.55. The van der Waals surface area contributed by atoms with E-state index in [1.165, 1.54) is 0 Å². The van der Waals surface area contributed by atoms with Crippen LogP contribution in [-0.4, -0.2) is 36.7 Å². The van der Waals surface area contributed by atoms with Crippen LogP contribution < -0.4 is 5.73 Å². The average molecular weight is 294 g/mol. The predicted molar refractivity (Wildman–Crippen MR) is 84.1 cm³/mol. The van der Waals surface area contributed by atoms with Gasteiger partial charge in [0.25, 0.3) is 0 Å². The highest BCUT2D eigenvalue weighted by molar-refractivity contribution is 6.08. The topological polar surface area (TPSA) is 106 Å². The van der Waals surface area contributed by atoms with E-state index in [1.54, 1.807) is 10.9 Å². The van der Waals surface area contributed by atoms with Crippen molar-refractivity contribution in [3.8, 4) is 11.3 Å². The second kappa shape index (κ2) is 4.81. The number of pyridine rings is 1. The number of H-pyrrole nitrogens is 1. The van der Waals surface area contributed by atoms with Crippen molar-refractivity contribution in [3.05, 3.63) is 36.7 Å². The van der Waals surface area contributed by atoms with Crippen LogP contribution in [0, 0.1) is 0 Å². The molecule has 4 aromatic rings. The molecule has 3 aromatic heterocycles. The second-order valence-electron chi connectivity index (χ2n) is 5.07. The Hall–Kier alpha value is -2.93. The number of aliphatic hydroxyl groups is 1. The van der Waals surface area contributed by atoms with Crippen molar-refractivity contribution in [1.82, 2.24) is 25.0 Å². The zero-order valence-electron chi connectivity index (χ0n) is 11.7. The molecule has 3 heterocycles. The first kappa shape index (κ1) is 12.8. The molecule has 22 heavy (non-hydrogen) atoms. The van der Waals surface area contributed by atoms with Crippen LogP contribution in [0.1, 0.15) is 0 Å². The van der Waals surface area contributed by atoms with Gasteiger partial charge < -0.3 is 10.8 Å². The molecule has 4 rings (SSSR count). The van der Waals surface area contributed by atoms with Crippen molar-refractivity contribution in [2.45, 2.75) is 6.54 Å². The third kappa shape index (κ3) is 1.91. The number of aliphatic hydroxyl groups excluding tert-OH is 1. The molecule has 0 bridgehead atoms. The van der Waals surface area contributed by atoms with E-state index in [0.29, 0.717) is 12.4 Å². The number of aromatic nitrogens is 5. The van der Waals surface area contributed by atoms with Gasteiger partial charge in [-0.05, 0) is 18.2 Å². The fourth-order valence-electron chi connectivity index (χ4n) is 2.62. The molecule has 0 amide bonds. The molecule has 4 N–H and O–H groups in total. The highest BCUT2D eigenvalue weighted by Crippen LogP contribution is 2.29. The van der Waals surface area contributed by atoms with Gasteiger partial charge in [0.15, 0.2) is 0 Å². The molecule has 0 saturated heterocycles. The van der Waals surface area contributed by atoms with Gasteiger partial charge in [0.1, 0.15) is 11.3 Å². The molecule has 1 aromatic carbocycles. The number of rotatable bonds is 3. The molecule has 7 heteroatoms. The summed E-state index contributed by atoms with van der Waals surface area (Å²) in [6, 6.07) is 7.82. The smallest absolute Gasteiger partial charge is 0.135 e. The number of nitrogens with one attached hydrogen (secondary N) is 1. The van der Waals surface area contributed by atoms with E-state index >= 15 is 0 Å². The lowest BCUT2D eigenvalue weighted by molar-refractivity contribution is 0.270. The molecular weight excluding hydrogens is 280 g/mol. The quantitative estimate of drug-likeness (QED) is 0.531. The van der Waals surface area contributed by atoms with E-state index in [2.05, 4.69) is 20.3 Å².